The Balaban J connectivity index is 2.23. The Labute approximate surface area is 127 Å². The van der Waals surface area contributed by atoms with E-state index in [1.54, 1.807) is 12.1 Å². The summed E-state index contributed by atoms with van der Waals surface area (Å²) in [6.07, 6.45) is 0. The topological polar surface area (TPSA) is 28.7 Å². The van der Waals surface area contributed by atoms with Gasteiger partial charge in [0.15, 0.2) is 0 Å². The number of aromatic amines is 1. The predicted molar refractivity (Wildman–Crippen MR) is 84.3 cm³/mol. The molecule has 0 aliphatic carbocycles. The molecule has 0 spiro atoms. The SMILES string of the molecule is Clc1cc2nc(-c3ccccc3I)[nH]c2cc1Cl. The second-order valence-electron chi connectivity index (χ2n) is 3.85. The number of nitrogens with one attached hydrogen (secondary N) is 1. The Morgan fingerprint density at radius 3 is 2.56 bits per heavy atom. The highest BCUT2D eigenvalue weighted by molar-refractivity contribution is 14.1. The molecule has 1 heterocycles. The summed E-state index contributed by atoms with van der Waals surface area (Å²) in [5, 5.41) is 1.05. The van der Waals surface area contributed by atoms with E-state index >= 15 is 0 Å². The lowest BCUT2D eigenvalue weighted by atomic mass is 10.2. The molecule has 3 aromatic rings. The molecule has 0 saturated carbocycles. The van der Waals surface area contributed by atoms with Crippen molar-refractivity contribution in [2.45, 2.75) is 0 Å². The van der Waals surface area contributed by atoms with Gasteiger partial charge in [-0.3, -0.25) is 0 Å². The average Bonchev–Trinajstić information content (AvgIpc) is 2.73. The number of imidazole rings is 1. The zero-order valence-electron chi connectivity index (χ0n) is 9.05. The van der Waals surface area contributed by atoms with E-state index in [1.807, 2.05) is 24.3 Å². The van der Waals surface area contributed by atoms with Crippen molar-refractivity contribution < 1.29 is 0 Å². The Hall–Kier alpha value is -0.780. The van der Waals surface area contributed by atoms with E-state index in [2.05, 4.69) is 32.6 Å². The smallest absolute Gasteiger partial charge is 0.139 e. The highest BCUT2D eigenvalue weighted by atomic mass is 127. The summed E-state index contributed by atoms with van der Waals surface area (Å²) in [6.45, 7) is 0. The van der Waals surface area contributed by atoms with Gasteiger partial charge in [-0.1, -0.05) is 41.4 Å². The number of H-pyrrole nitrogens is 1. The van der Waals surface area contributed by atoms with Crippen LogP contribution in [0.2, 0.25) is 10.0 Å². The molecule has 0 unspecified atom stereocenters. The first-order chi connectivity index (χ1) is 8.65. The lowest BCUT2D eigenvalue weighted by molar-refractivity contribution is 1.33. The molecule has 0 fully saturated rings. The molecule has 0 aliphatic rings. The number of fused-ring (bicyclic) bond motifs is 1. The van der Waals surface area contributed by atoms with E-state index in [0.29, 0.717) is 10.0 Å². The van der Waals surface area contributed by atoms with Gasteiger partial charge in [0.25, 0.3) is 0 Å². The third-order valence-corrected chi connectivity index (χ3v) is 4.32. The quantitative estimate of drug-likeness (QED) is 0.574. The molecule has 5 heteroatoms. The molecule has 2 nitrogen and oxygen atoms in total. The fourth-order valence-electron chi connectivity index (χ4n) is 1.79. The minimum Gasteiger partial charge on any atom is -0.338 e. The molecule has 0 amide bonds. The summed E-state index contributed by atoms with van der Waals surface area (Å²) >= 11 is 14.3. The van der Waals surface area contributed by atoms with Gasteiger partial charge in [-0.05, 0) is 40.8 Å². The van der Waals surface area contributed by atoms with Gasteiger partial charge in [0.1, 0.15) is 5.82 Å². The van der Waals surface area contributed by atoms with Gasteiger partial charge in [-0.2, -0.15) is 0 Å². The first-order valence-corrected chi connectivity index (χ1v) is 7.08. The third kappa shape index (κ3) is 2.11. The van der Waals surface area contributed by atoms with E-state index in [4.69, 9.17) is 23.2 Å². The number of nitrogens with zero attached hydrogens (tertiary/aromatic N) is 1. The molecular formula is C13H7Cl2IN2. The van der Waals surface area contributed by atoms with Gasteiger partial charge in [0, 0.05) is 9.13 Å². The maximum Gasteiger partial charge on any atom is 0.139 e. The van der Waals surface area contributed by atoms with Crippen molar-refractivity contribution in [1.82, 2.24) is 9.97 Å². The molecular weight excluding hydrogens is 382 g/mol. The Bertz CT molecular complexity index is 698. The zero-order chi connectivity index (χ0) is 12.7. The van der Waals surface area contributed by atoms with Crippen molar-refractivity contribution in [2.24, 2.45) is 0 Å². The fraction of sp³-hybridized carbons (Fsp3) is 0. The second-order valence-corrected chi connectivity index (χ2v) is 5.83. The van der Waals surface area contributed by atoms with Crippen molar-refractivity contribution in [3.63, 3.8) is 0 Å². The van der Waals surface area contributed by atoms with Gasteiger partial charge in [0.05, 0.1) is 21.1 Å². The lowest BCUT2D eigenvalue weighted by Gasteiger charge is -1.98. The highest BCUT2D eigenvalue weighted by Crippen LogP contribution is 2.30. The number of hydrogen-bond acceptors (Lipinski definition) is 1. The molecule has 0 bridgehead atoms. The first kappa shape index (κ1) is 12.3. The van der Waals surface area contributed by atoms with Crippen LogP contribution in [0.1, 0.15) is 0 Å². The maximum absolute atomic E-state index is 5.99. The van der Waals surface area contributed by atoms with Crippen LogP contribution in [-0.2, 0) is 0 Å². The average molecular weight is 389 g/mol. The van der Waals surface area contributed by atoms with Gasteiger partial charge in [-0.25, -0.2) is 4.98 Å². The van der Waals surface area contributed by atoms with Crippen molar-refractivity contribution in [3.8, 4) is 11.4 Å². The van der Waals surface area contributed by atoms with Crippen molar-refractivity contribution in [2.75, 3.05) is 0 Å². The molecule has 90 valence electrons. The number of hydrogen-bond donors (Lipinski definition) is 1. The van der Waals surface area contributed by atoms with Crippen LogP contribution >= 0.6 is 45.8 Å². The summed E-state index contributed by atoms with van der Waals surface area (Å²) in [7, 11) is 0. The largest absolute Gasteiger partial charge is 0.338 e. The van der Waals surface area contributed by atoms with Gasteiger partial charge in [0.2, 0.25) is 0 Å². The summed E-state index contributed by atoms with van der Waals surface area (Å²) < 4.78 is 1.14. The van der Waals surface area contributed by atoms with Gasteiger partial charge >= 0.3 is 0 Å². The van der Waals surface area contributed by atoms with Crippen molar-refractivity contribution >= 4 is 56.8 Å². The molecule has 1 N–H and O–H groups in total. The Morgan fingerprint density at radius 1 is 1.06 bits per heavy atom. The van der Waals surface area contributed by atoms with E-state index in [-0.39, 0.29) is 0 Å². The van der Waals surface area contributed by atoms with Crippen LogP contribution in [0, 0.1) is 3.57 Å². The fourth-order valence-corrected chi connectivity index (χ4v) is 2.75. The molecule has 2 aromatic carbocycles. The number of rotatable bonds is 1. The van der Waals surface area contributed by atoms with Gasteiger partial charge < -0.3 is 4.98 Å². The Kier molecular flexibility index (Phi) is 3.21. The standard InChI is InChI=1S/C13H7Cl2IN2/c14-8-5-11-12(6-9(8)15)18-13(17-11)7-3-1-2-4-10(7)16/h1-6H,(H,17,18). The van der Waals surface area contributed by atoms with E-state index in [1.165, 1.54) is 0 Å². The van der Waals surface area contributed by atoms with E-state index in [9.17, 15) is 0 Å². The normalized spacial score (nSPS) is 11.1. The predicted octanol–water partition coefficient (Wildman–Crippen LogP) is 5.14. The lowest BCUT2D eigenvalue weighted by Crippen LogP contribution is -1.83. The molecule has 0 saturated heterocycles. The molecule has 18 heavy (non-hydrogen) atoms. The Morgan fingerprint density at radius 2 is 1.78 bits per heavy atom. The molecule has 3 rings (SSSR count). The summed E-state index contributed by atoms with van der Waals surface area (Å²) in [6, 6.07) is 11.6. The molecule has 1 aromatic heterocycles. The molecule has 0 radical (unpaired) electrons. The maximum atomic E-state index is 5.99. The van der Waals surface area contributed by atoms with E-state index < -0.39 is 0 Å². The summed E-state index contributed by atoms with van der Waals surface area (Å²) in [5.74, 6) is 0.827. The van der Waals surface area contributed by atoms with Crippen LogP contribution in [0.25, 0.3) is 22.4 Å². The van der Waals surface area contributed by atoms with Crippen molar-refractivity contribution in [1.29, 1.82) is 0 Å². The van der Waals surface area contributed by atoms with Crippen LogP contribution in [0.5, 0.6) is 0 Å². The summed E-state index contributed by atoms with van der Waals surface area (Å²) in [5.41, 5.74) is 2.78. The molecule has 0 aliphatic heterocycles. The molecule has 0 atom stereocenters. The zero-order valence-corrected chi connectivity index (χ0v) is 12.7. The minimum atomic E-state index is 0.518. The second kappa shape index (κ2) is 4.72. The van der Waals surface area contributed by atoms with E-state index in [0.717, 1.165) is 26.0 Å². The number of aromatic nitrogens is 2. The van der Waals surface area contributed by atoms with Crippen LogP contribution in [0.4, 0.5) is 0 Å². The van der Waals surface area contributed by atoms with Gasteiger partial charge in [-0.15, -0.1) is 0 Å². The third-order valence-electron chi connectivity index (χ3n) is 2.65. The first-order valence-electron chi connectivity index (χ1n) is 5.25. The van der Waals surface area contributed by atoms with Crippen LogP contribution in [0.3, 0.4) is 0 Å². The van der Waals surface area contributed by atoms with Crippen LogP contribution < -0.4 is 0 Å². The number of benzene rings is 2. The monoisotopic (exact) mass is 388 g/mol. The van der Waals surface area contributed by atoms with Crippen molar-refractivity contribution in [3.05, 3.63) is 50.0 Å². The minimum absolute atomic E-state index is 0.518. The highest BCUT2D eigenvalue weighted by Gasteiger charge is 2.09. The summed E-state index contributed by atoms with van der Waals surface area (Å²) in [4.78, 5) is 7.80. The number of halogens is 3. The van der Waals surface area contributed by atoms with Crippen LogP contribution in [0.15, 0.2) is 36.4 Å². The van der Waals surface area contributed by atoms with Crippen LogP contribution in [-0.4, -0.2) is 9.97 Å².